The van der Waals surface area contributed by atoms with Gasteiger partial charge in [0.05, 0.1) is 22.8 Å². The molecule has 0 amide bonds. The highest BCUT2D eigenvalue weighted by atomic mass is 32.1. The van der Waals surface area contributed by atoms with Crippen LogP contribution in [0.2, 0.25) is 0 Å². The maximum absolute atomic E-state index is 5.50. The lowest BCUT2D eigenvalue weighted by atomic mass is 10.2. The molecule has 3 nitrogen and oxygen atoms in total. The third kappa shape index (κ3) is 3.01. The van der Waals surface area contributed by atoms with Crippen LogP contribution in [0.5, 0.6) is 5.75 Å². The number of nitrogens with zero attached hydrogens (tertiary/aromatic N) is 1. The quantitative estimate of drug-likeness (QED) is 0.862. The van der Waals surface area contributed by atoms with Gasteiger partial charge in [0, 0.05) is 17.4 Å². The van der Waals surface area contributed by atoms with E-state index >= 15 is 0 Å². The first-order valence-corrected chi connectivity index (χ1v) is 6.35. The van der Waals surface area contributed by atoms with Gasteiger partial charge in [0.1, 0.15) is 5.75 Å². The summed E-state index contributed by atoms with van der Waals surface area (Å²) in [7, 11) is 1.65. The first-order chi connectivity index (χ1) is 8.19. The standard InChI is InChI=1S/C12H12N2OS2/c1-15-9-4-2-3-8(5-9)10-7-17-12(14-10)6-11(13)16/h2-5,7H,6H2,1H3,(H2,13,16). The summed E-state index contributed by atoms with van der Waals surface area (Å²) in [6.45, 7) is 0. The summed E-state index contributed by atoms with van der Waals surface area (Å²) in [4.78, 5) is 4.96. The summed E-state index contributed by atoms with van der Waals surface area (Å²) in [5.74, 6) is 0.825. The van der Waals surface area contributed by atoms with Gasteiger partial charge in [-0.2, -0.15) is 0 Å². The topological polar surface area (TPSA) is 48.1 Å². The molecule has 0 unspecified atom stereocenters. The molecule has 2 aromatic rings. The van der Waals surface area contributed by atoms with Crippen molar-refractivity contribution >= 4 is 28.5 Å². The second kappa shape index (κ2) is 5.25. The van der Waals surface area contributed by atoms with E-state index in [9.17, 15) is 0 Å². The summed E-state index contributed by atoms with van der Waals surface area (Å²) in [6, 6.07) is 7.81. The molecule has 5 heteroatoms. The Morgan fingerprint density at radius 3 is 3.06 bits per heavy atom. The van der Waals surface area contributed by atoms with Gasteiger partial charge < -0.3 is 10.5 Å². The molecule has 0 aliphatic heterocycles. The summed E-state index contributed by atoms with van der Waals surface area (Å²) in [5.41, 5.74) is 7.46. The number of hydrogen-bond donors (Lipinski definition) is 1. The van der Waals surface area contributed by atoms with Crippen molar-refractivity contribution in [3.8, 4) is 17.0 Å². The van der Waals surface area contributed by atoms with E-state index < -0.39 is 0 Å². The summed E-state index contributed by atoms with van der Waals surface area (Å²) < 4.78 is 5.18. The SMILES string of the molecule is COc1cccc(-c2csc(CC(N)=S)n2)c1. The maximum Gasteiger partial charge on any atom is 0.119 e. The second-order valence-electron chi connectivity index (χ2n) is 3.50. The van der Waals surface area contributed by atoms with Crippen LogP contribution in [-0.2, 0) is 6.42 Å². The lowest BCUT2D eigenvalue weighted by molar-refractivity contribution is 0.415. The number of thiazole rings is 1. The fourth-order valence-electron chi connectivity index (χ4n) is 1.46. The van der Waals surface area contributed by atoms with Crippen molar-refractivity contribution in [1.29, 1.82) is 0 Å². The van der Waals surface area contributed by atoms with E-state index in [4.69, 9.17) is 22.7 Å². The first-order valence-electron chi connectivity index (χ1n) is 5.06. The minimum atomic E-state index is 0.469. The van der Waals surface area contributed by atoms with Crippen LogP contribution in [-0.4, -0.2) is 17.1 Å². The zero-order valence-corrected chi connectivity index (χ0v) is 11.0. The van der Waals surface area contributed by atoms with Crippen LogP contribution in [0.25, 0.3) is 11.3 Å². The molecule has 1 heterocycles. The minimum absolute atomic E-state index is 0.469. The number of thiocarbonyl (C=S) groups is 1. The lowest BCUT2D eigenvalue weighted by Gasteiger charge is -2.01. The molecule has 0 atom stereocenters. The molecule has 0 radical (unpaired) electrons. The zero-order chi connectivity index (χ0) is 12.3. The van der Waals surface area contributed by atoms with Gasteiger partial charge in [-0.15, -0.1) is 11.3 Å². The fourth-order valence-corrected chi connectivity index (χ4v) is 2.51. The van der Waals surface area contributed by atoms with E-state index in [2.05, 4.69) is 4.98 Å². The minimum Gasteiger partial charge on any atom is -0.497 e. The van der Waals surface area contributed by atoms with Gasteiger partial charge in [0.2, 0.25) is 0 Å². The normalized spacial score (nSPS) is 10.2. The van der Waals surface area contributed by atoms with E-state index in [1.54, 1.807) is 18.4 Å². The van der Waals surface area contributed by atoms with Gasteiger partial charge in [-0.25, -0.2) is 4.98 Å². The largest absolute Gasteiger partial charge is 0.497 e. The number of methoxy groups -OCH3 is 1. The van der Waals surface area contributed by atoms with Gasteiger partial charge in [-0.05, 0) is 12.1 Å². The number of nitrogens with two attached hydrogens (primary N) is 1. The lowest BCUT2D eigenvalue weighted by Crippen LogP contribution is -2.10. The third-order valence-electron chi connectivity index (χ3n) is 2.24. The van der Waals surface area contributed by atoms with E-state index in [0.29, 0.717) is 11.4 Å². The molecule has 0 aliphatic rings. The summed E-state index contributed by atoms with van der Waals surface area (Å²) in [5, 5.41) is 2.94. The van der Waals surface area contributed by atoms with Gasteiger partial charge in [0.15, 0.2) is 0 Å². The Balaban J connectivity index is 2.26. The predicted octanol–water partition coefficient (Wildman–Crippen LogP) is 2.65. The monoisotopic (exact) mass is 264 g/mol. The molecular weight excluding hydrogens is 252 g/mol. The highest BCUT2D eigenvalue weighted by Gasteiger charge is 2.06. The first kappa shape index (κ1) is 12.0. The van der Waals surface area contributed by atoms with E-state index in [1.807, 2.05) is 29.6 Å². The Morgan fingerprint density at radius 1 is 1.53 bits per heavy atom. The molecule has 0 spiro atoms. The Bertz CT molecular complexity index is 537. The molecule has 0 saturated carbocycles. The van der Waals surface area contributed by atoms with E-state index in [-0.39, 0.29) is 0 Å². The van der Waals surface area contributed by atoms with E-state index in [0.717, 1.165) is 22.0 Å². The van der Waals surface area contributed by atoms with Crippen LogP contribution in [0.3, 0.4) is 0 Å². The fraction of sp³-hybridized carbons (Fsp3) is 0.167. The average Bonchev–Trinajstić information content (AvgIpc) is 2.77. The molecule has 0 aliphatic carbocycles. The third-order valence-corrected chi connectivity index (χ3v) is 3.24. The molecule has 2 rings (SSSR count). The molecule has 2 N–H and O–H groups in total. The maximum atomic E-state index is 5.50. The molecule has 0 saturated heterocycles. The van der Waals surface area contributed by atoms with Gasteiger partial charge in [-0.1, -0.05) is 24.4 Å². The van der Waals surface area contributed by atoms with Gasteiger partial charge in [0.25, 0.3) is 0 Å². The Morgan fingerprint density at radius 2 is 2.35 bits per heavy atom. The number of aromatic nitrogens is 1. The van der Waals surface area contributed by atoms with Crippen LogP contribution in [0.15, 0.2) is 29.6 Å². The van der Waals surface area contributed by atoms with Crippen molar-refractivity contribution < 1.29 is 4.74 Å². The smallest absolute Gasteiger partial charge is 0.119 e. The molecule has 0 fully saturated rings. The molecule has 1 aromatic heterocycles. The van der Waals surface area contributed by atoms with Crippen molar-refractivity contribution in [3.63, 3.8) is 0 Å². The Kier molecular flexibility index (Phi) is 3.71. The van der Waals surface area contributed by atoms with Crippen molar-refractivity contribution in [3.05, 3.63) is 34.7 Å². The van der Waals surface area contributed by atoms with Crippen LogP contribution in [0.4, 0.5) is 0 Å². The van der Waals surface area contributed by atoms with Crippen LogP contribution in [0.1, 0.15) is 5.01 Å². The number of benzene rings is 1. The highest BCUT2D eigenvalue weighted by molar-refractivity contribution is 7.80. The predicted molar refractivity (Wildman–Crippen MR) is 74.6 cm³/mol. The van der Waals surface area contributed by atoms with Crippen molar-refractivity contribution in [1.82, 2.24) is 4.98 Å². The molecule has 0 bridgehead atoms. The van der Waals surface area contributed by atoms with Crippen LogP contribution >= 0.6 is 23.6 Å². The van der Waals surface area contributed by atoms with Crippen molar-refractivity contribution in [2.75, 3.05) is 7.11 Å². The molecule has 1 aromatic carbocycles. The Labute approximate surface area is 109 Å². The van der Waals surface area contributed by atoms with Gasteiger partial charge in [-0.3, -0.25) is 0 Å². The van der Waals surface area contributed by atoms with E-state index in [1.165, 1.54) is 0 Å². The average molecular weight is 264 g/mol. The molecule has 17 heavy (non-hydrogen) atoms. The number of rotatable bonds is 4. The van der Waals surface area contributed by atoms with Crippen molar-refractivity contribution in [2.45, 2.75) is 6.42 Å². The van der Waals surface area contributed by atoms with Crippen molar-refractivity contribution in [2.24, 2.45) is 5.73 Å². The summed E-state index contributed by atoms with van der Waals surface area (Å²) >= 11 is 6.43. The highest BCUT2D eigenvalue weighted by Crippen LogP contribution is 2.25. The number of ether oxygens (including phenoxy) is 1. The summed E-state index contributed by atoms with van der Waals surface area (Å²) in [6.07, 6.45) is 0.559. The molecular formula is C12H12N2OS2. The van der Waals surface area contributed by atoms with Crippen LogP contribution < -0.4 is 10.5 Å². The zero-order valence-electron chi connectivity index (χ0n) is 9.34. The van der Waals surface area contributed by atoms with Crippen LogP contribution in [0, 0.1) is 0 Å². The number of hydrogen-bond acceptors (Lipinski definition) is 4. The second-order valence-corrected chi connectivity index (χ2v) is 4.97. The molecule has 88 valence electrons. The Hall–Kier alpha value is -1.46. The van der Waals surface area contributed by atoms with Gasteiger partial charge >= 0.3 is 0 Å².